The van der Waals surface area contributed by atoms with Crippen LogP contribution < -0.4 is 0 Å². The van der Waals surface area contributed by atoms with Crippen LogP contribution in [0.5, 0.6) is 0 Å². The quantitative estimate of drug-likeness (QED) is 0.0200. The lowest BCUT2D eigenvalue weighted by atomic mass is 10.1. The molecule has 6 heteroatoms. The molecule has 0 spiro atoms. The minimum atomic E-state index is -0.810. The van der Waals surface area contributed by atoms with Crippen molar-refractivity contribution in [2.24, 2.45) is 0 Å². The Morgan fingerprint density at radius 2 is 0.705 bits per heavy atom. The summed E-state index contributed by atoms with van der Waals surface area (Å²) in [6.45, 7) is 6.39. The van der Waals surface area contributed by atoms with Crippen molar-refractivity contribution in [3.63, 3.8) is 0 Å². The first-order valence-corrected chi connectivity index (χ1v) is 24.8. The van der Waals surface area contributed by atoms with Gasteiger partial charge in [-0.15, -0.1) is 0 Å². The van der Waals surface area contributed by atoms with Gasteiger partial charge in [-0.1, -0.05) is 189 Å². The Morgan fingerprint density at radius 1 is 0.361 bits per heavy atom. The number of ether oxygens (including phenoxy) is 3. The average Bonchev–Trinajstić information content (AvgIpc) is 3.26. The van der Waals surface area contributed by atoms with E-state index in [1.165, 1.54) is 57.8 Å². The van der Waals surface area contributed by atoms with E-state index in [2.05, 4.69) is 118 Å². The van der Waals surface area contributed by atoms with Gasteiger partial charge in [0, 0.05) is 19.3 Å². The van der Waals surface area contributed by atoms with Crippen molar-refractivity contribution in [1.82, 2.24) is 0 Å². The second kappa shape index (κ2) is 49.0. The molecule has 0 aromatic carbocycles. The van der Waals surface area contributed by atoms with E-state index in [0.717, 1.165) is 116 Å². The number of esters is 3. The van der Waals surface area contributed by atoms with Gasteiger partial charge in [0.15, 0.2) is 6.10 Å². The van der Waals surface area contributed by atoms with Crippen LogP contribution in [0.4, 0.5) is 0 Å². The molecule has 0 rings (SSSR count). The summed E-state index contributed by atoms with van der Waals surface area (Å²) in [6.07, 6.45) is 63.9. The molecule has 0 aliphatic heterocycles. The number of carbonyl (C=O) groups is 3. The maximum absolute atomic E-state index is 12.8. The molecular formula is C55H90O6. The van der Waals surface area contributed by atoms with Gasteiger partial charge < -0.3 is 14.2 Å². The van der Waals surface area contributed by atoms with Crippen molar-refractivity contribution in [2.45, 2.75) is 219 Å². The monoisotopic (exact) mass is 847 g/mol. The number of rotatable bonds is 43. The standard InChI is InChI=1S/C55H90O6/c1-4-7-10-13-16-19-22-25-26-27-28-29-31-33-36-39-42-45-48-54(57)60-51-52(50-59-53(56)47-44-41-38-35-32-24-21-18-15-12-9-6-3)61-55(58)49-46-43-40-37-34-30-23-20-17-14-11-8-5-2/h9,12,16,18-19,21-22,25-30,32,34-35,52H,4-8,10-11,13-15,17,20,23-24,31,33,36-51H2,1-3H3/b12-9-,19-16-,21-18-,25-22-,27-26-,29-28-,34-30-,35-32-. The number of hydrogen-bond acceptors (Lipinski definition) is 6. The van der Waals surface area contributed by atoms with Gasteiger partial charge in [0.2, 0.25) is 0 Å². The minimum absolute atomic E-state index is 0.109. The molecule has 346 valence electrons. The summed E-state index contributed by atoms with van der Waals surface area (Å²) in [5.74, 6) is -0.993. The van der Waals surface area contributed by atoms with Crippen molar-refractivity contribution in [1.29, 1.82) is 0 Å². The van der Waals surface area contributed by atoms with E-state index in [1.807, 2.05) is 0 Å². The Kier molecular flexibility index (Phi) is 46.0. The third-order valence-electron chi connectivity index (χ3n) is 10.1. The van der Waals surface area contributed by atoms with Crippen LogP contribution in [0, 0.1) is 0 Å². The Balaban J connectivity index is 4.50. The summed E-state index contributed by atoms with van der Waals surface area (Å²) in [7, 11) is 0. The topological polar surface area (TPSA) is 78.9 Å². The molecule has 0 N–H and O–H groups in total. The van der Waals surface area contributed by atoms with Crippen LogP contribution in [0.2, 0.25) is 0 Å². The fraction of sp³-hybridized carbons (Fsp3) is 0.655. The molecule has 0 fully saturated rings. The molecule has 0 aliphatic carbocycles. The lowest BCUT2D eigenvalue weighted by Gasteiger charge is -2.18. The normalized spacial score (nSPS) is 12.9. The van der Waals surface area contributed by atoms with Crippen molar-refractivity contribution < 1.29 is 28.6 Å². The molecule has 0 saturated heterocycles. The second-order valence-corrected chi connectivity index (χ2v) is 16.1. The van der Waals surface area contributed by atoms with E-state index >= 15 is 0 Å². The summed E-state index contributed by atoms with van der Waals surface area (Å²) in [5.41, 5.74) is 0. The van der Waals surface area contributed by atoms with Gasteiger partial charge in [-0.05, 0) is 103 Å². The Hall–Kier alpha value is -3.67. The molecule has 1 atom stereocenters. The van der Waals surface area contributed by atoms with Crippen LogP contribution in [0.15, 0.2) is 97.2 Å². The second-order valence-electron chi connectivity index (χ2n) is 16.1. The first-order valence-electron chi connectivity index (χ1n) is 24.8. The van der Waals surface area contributed by atoms with Crippen LogP contribution in [-0.2, 0) is 28.6 Å². The highest BCUT2D eigenvalue weighted by Crippen LogP contribution is 2.12. The molecule has 0 amide bonds. The van der Waals surface area contributed by atoms with E-state index in [9.17, 15) is 14.4 Å². The van der Waals surface area contributed by atoms with E-state index in [-0.39, 0.29) is 31.1 Å². The number of unbranched alkanes of at least 4 members (excludes halogenated alkanes) is 19. The molecule has 0 saturated carbocycles. The van der Waals surface area contributed by atoms with Gasteiger partial charge >= 0.3 is 17.9 Å². The summed E-state index contributed by atoms with van der Waals surface area (Å²) < 4.78 is 16.7. The molecule has 0 aliphatic rings. The third kappa shape index (κ3) is 47.2. The predicted octanol–water partition coefficient (Wildman–Crippen LogP) is 16.2. The zero-order valence-corrected chi connectivity index (χ0v) is 39.4. The van der Waals surface area contributed by atoms with Crippen LogP contribution in [0.25, 0.3) is 0 Å². The SMILES string of the molecule is CC/C=C\C/C=C\C/C=C\CCCCC(=O)OCC(COC(=O)CCCCCCC\C=C/C=C\C=C/C=C\CCCCC)OC(=O)CCCCC/C=C\CCCCCCCC. The van der Waals surface area contributed by atoms with Crippen molar-refractivity contribution in [2.75, 3.05) is 13.2 Å². The van der Waals surface area contributed by atoms with Gasteiger partial charge in [0.05, 0.1) is 0 Å². The number of allylic oxidation sites excluding steroid dienone is 16. The van der Waals surface area contributed by atoms with Crippen LogP contribution in [0.1, 0.15) is 213 Å². The van der Waals surface area contributed by atoms with Crippen molar-refractivity contribution in [3.05, 3.63) is 97.2 Å². The first-order chi connectivity index (χ1) is 30.0. The molecule has 0 aromatic rings. The number of hydrogen-bond donors (Lipinski definition) is 0. The maximum atomic E-state index is 12.8. The highest BCUT2D eigenvalue weighted by atomic mass is 16.6. The van der Waals surface area contributed by atoms with Gasteiger partial charge in [-0.25, -0.2) is 0 Å². The molecular weight excluding hydrogens is 757 g/mol. The van der Waals surface area contributed by atoms with Crippen molar-refractivity contribution in [3.8, 4) is 0 Å². The fourth-order valence-electron chi connectivity index (χ4n) is 6.40. The summed E-state index contributed by atoms with van der Waals surface area (Å²) >= 11 is 0. The Labute approximate surface area is 375 Å². The van der Waals surface area contributed by atoms with Gasteiger partial charge in [-0.3, -0.25) is 14.4 Å². The highest BCUT2D eigenvalue weighted by Gasteiger charge is 2.19. The fourth-order valence-corrected chi connectivity index (χ4v) is 6.40. The number of carbonyl (C=O) groups excluding carboxylic acids is 3. The first kappa shape index (κ1) is 57.3. The molecule has 61 heavy (non-hydrogen) atoms. The predicted molar refractivity (Wildman–Crippen MR) is 260 cm³/mol. The summed E-state index contributed by atoms with van der Waals surface area (Å²) in [5, 5.41) is 0. The molecule has 0 heterocycles. The zero-order chi connectivity index (χ0) is 44.4. The lowest BCUT2D eigenvalue weighted by Crippen LogP contribution is -2.30. The summed E-state index contributed by atoms with van der Waals surface area (Å²) in [6, 6.07) is 0. The largest absolute Gasteiger partial charge is 0.462 e. The smallest absolute Gasteiger partial charge is 0.306 e. The van der Waals surface area contributed by atoms with Crippen LogP contribution in [-0.4, -0.2) is 37.2 Å². The molecule has 1 unspecified atom stereocenters. The Morgan fingerprint density at radius 3 is 1.25 bits per heavy atom. The van der Waals surface area contributed by atoms with Crippen molar-refractivity contribution >= 4 is 17.9 Å². The van der Waals surface area contributed by atoms with E-state index in [1.54, 1.807) is 0 Å². The summed E-state index contributed by atoms with van der Waals surface area (Å²) in [4.78, 5) is 37.9. The van der Waals surface area contributed by atoms with E-state index in [0.29, 0.717) is 19.3 Å². The molecule has 0 radical (unpaired) electrons. The average molecular weight is 847 g/mol. The lowest BCUT2D eigenvalue weighted by molar-refractivity contribution is -0.167. The third-order valence-corrected chi connectivity index (χ3v) is 10.1. The van der Waals surface area contributed by atoms with Crippen LogP contribution >= 0.6 is 0 Å². The van der Waals surface area contributed by atoms with Crippen LogP contribution in [0.3, 0.4) is 0 Å². The molecule has 6 nitrogen and oxygen atoms in total. The maximum Gasteiger partial charge on any atom is 0.306 e. The molecule has 0 bridgehead atoms. The van der Waals surface area contributed by atoms with Gasteiger partial charge in [-0.2, -0.15) is 0 Å². The van der Waals surface area contributed by atoms with Gasteiger partial charge in [0.1, 0.15) is 13.2 Å². The highest BCUT2D eigenvalue weighted by molar-refractivity contribution is 5.71. The minimum Gasteiger partial charge on any atom is -0.462 e. The zero-order valence-electron chi connectivity index (χ0n) is 39.4. The van der Waals surface area contributed by atoms with Gasteiger partial charge in [0.25, 0.3) is 0 Å². The molecule has 0 aromatic heterocycles. The van der Waals surface area contributed by atoms with E-state index in [4.69, 9.17) is 14.2 Å². The Bertz CT molecular complexity index is 1250. The van der Waals surface area contributed by atoms with E-state index < -0.39 is 6.10 Å².